The van der Waals surface area contributed by atoms with Crippen LogP contribution in [0.3, 0.4) is 0 Å². The Bertz CT molecular complexity index is 1090. The molecule has 0 bridgehead atoms. The summed E-state index contributed by atoms with van der Waals surface area (Å²) >= 11 is 0. The third-order valence-electron chi connectivity index (χ3n) is 4.00. The Labute approximate surface area is 147 Å². The molecule has 26 heavy (non-hydrogen) atoms. The van der Waals surface area contributed by atoms with Crippen LogP contribution < -0.4 is 0 Å². The zero-order valence-corrected chi connectivity index (χ0v) is 13.4. The Morgan fingerprint density at radius 1 is 0.731 bits per heavy atom. The fourth-order valence-corrected chi connectivity index (χ4v) is 2.79. The molecular formula is C20H12F3N3. The van der Waals surface area contributed by atoms with Crippen LogP contribution in [0.15, 0.2) is 73.1 Å². The summed E-state index contributed by atoms with van der Waals surface area (Å²) in [6.07, 6.45) is -1.17. The third kappa shape index (κ3) is 3.01. The number of fused-ring (bicyclic) bond motifs is 1. The molecular weight excluding hydrogens is 339 g/mol. The molecule has 3 nitrogen and oxygen atoms in total. The maximum absolute atomic E-state index is 13.0. The molecule has 0 saturated heterocycles. The van der Waals surface area contributed by atoms with Crippen LogP contribution in [0.1, 0.15) is 5.56 Å². The van der Waals surface area contributed by atoms with Crippen LogP contribution in [0, 0.1) is 0 Å². The summed E-state index contributed by atoms with van der Waals surface area (Å²) in [5.41, 5.74) is 2.90. The van der Waals surface area contributed by atoms with Gasteiger partial charge < -0.3 is 0 Å². The maximum Gasteiger partial charge on any atom is 0.416 e. The van der Waals surface area contributed by atoms with Crippen molar-refractivity contribution in [1.82, 2.24) is 15.0 Å². The van der Waals surface area contributed by atoms with Crippen LogP contribution in [0.25, 0.3) is 33.5 Å². The lowest BCUT2D eigenvalue weighted by Crippen LogP contribution is -2.04. The van der Waals surface area contributed by atoms with E-state index in [2.05, 4.69) is 15.0 Å². The normalized spacial score (nSPS) is 11.7. The molecule has 0 amide bonds. The van der Waals surface area contributed by atoms with Gasteiger partial charge >= 0.3 is 6.18 Å². The van der Waals surface area contributed by atoms with E-state index in [-0.39, 0.29) is 0 Å². The molecule has 3 aromatic heterocycles. The molecule has 6 heteroatoms. The standard InChI is InChI=1S/C20H12F3N3/c21-20(22,23)14-5-1-4-13(12-14)19-15(6-2-11-25-19)16-8-9-17-18(26-16)7-3-10-24-17/h1-12H. The number of halogens is 3. The van der Waals surface area contributed by atoms with Crippen molar-refractivity contribution >= 4 is 11.0 Å². The fourth-order valence-electron chi connectivity index (χ4n) is 2.79. The molecule has 0 atom stereocenters. The number of benzene rings is 1. The summed E-state index contributed by atoms with van der Waals surface area (Å²) in [5.74, 6) is 0. The van der Waals surface area contributed by atoms with Gasteiger partial charge in [-0.2, -0.15) is 13.2 Å². The van der Waals surface area contributed by atoms with Crippen LogP contribution in [0.4, 0.5) is 13.2 Å². The van der Waals surface area contributed by atoms with E-state index in [0.717, 1.165) is 17.6 Å². The van der Waals surface area contributed by atoms with Gasteiger partial charge in [0.1, 0.15) is 0 Å². The van der Waals surface area contributed by atoms with Crippen LogP contribution >= 0.6 is 0 Å². The molecule has 0 aliphatic rings. The first-order valence-electron chi connectivity index (χ1n) is 7.87. The monoisotopic (exact) mass is 351 g/mol. The van der Waals surface area contributed by atoms with Crippen LogP contribution in [-0.2, 0) is 6.18 Å². The minimum absolute atomic E-state index is 0.392. The zero-order chi connectivity index (χ0) is 18.1. The predicted molar refractivity (Wildman–Crippen MR) is 93.2 cm³/mol. The Hall–Kier alpha value is -3.28. The van der Waals surface area contributed by atoms with Crippen LogP contribution in [0.5, 0.6) is 0 Å². The van der Waals surface area contributed by atoms with E-state index in [1.165, 1.54) is 6.07 Å². The Balaban J connectivity index is 1.87. The van der Waals surface area contributed by atoms with Crippen molar-refractivity contribution in [3.8, 4) is 22.5 Å². The van der Waals surface area contributed by atoms with Gasteiger partial charge in [0.05, 0.1) is 28.0 Å². The fraction of sp³-hybridized carbons (Fsp3) is 0.0500. The van der Waals surface area contributed by atoms with Crippen molar-refractivity contribution in [3.05, 3.63) is 78.6 Å². The van der Waals surface area contributed by atoms with Gasteiger partial charge in [-0.3, -0.25) is 9.97 Å². The molecule has 0 N–H and O–H groups in total. The lowest BCUT2D eigenvalue weighted by molar-refractivity contribution is -0.137. The van der Waals surface area contributed by atoms with E-state index in [4.69, 9.17) is 0 Å². The van der Waals surface area contributed by atoms with Crippen molar-refractivity contribution in [2.45, 2.75) is 6.18 Å². The summed E-state index contributed by atoms with van der Waals surface area (Å²) < 4.78 is 39.1. The lowest BCUT2D eigenvalue weighted by Gasteiger charge is -2.11. The quantitative estimate of drug-likeness (QED) is 0.487. The highest BCUT2D eigenvalue weighted by molar-refractivity contribution is 5.83. The third-order valence-corrected chi connectivity index (χ3v) is 4.00. The van der Waals surface area contributed by atoms with Gasteiger partial charge in [-0.1, -0.05) is 12.1 Å². The number of pyridine rings is 3. The molecule has 0 fully saturated rings. The Morgan fingerprint density at radius 2 is 1.54 bits per heavy atom. The van der Waals surface area contributed by atoms with E-state index in [0.29, 0.717) is 28.0 Å². The molecule has 0 spiro atoms. The average molecular weight is 351 g/mol. The highest BCUT2D eigenvalue weighted by atomic mass is 19.4. The molecule has 0 radical (unpaired) electrons. The van der Waals surface area contributed by atoms with E-state index < -0.39 is 11.7 Å². The van der Waals surface area contributed by atoms with Crippen LogP contribution in [-0.4, -0.2) is 15.0 Å². The Kier molecular flexibility index (Phi) is 3.88. The van der Waals surface area contributed by atoms with E-state index in [9.17, 15) is 13.2 Å². The molecule has 4 aromatic rings. The summed E-state index contributed by atoms with van der Waals surface area (Å²) in [6, 6.07) is 15.9. The summed E-state index contributed by atoms with van der Waals surface area (Å²) in [7, 11) is 0. The SMILES string of the molecule is FC(F)(F)c1cccc(-c2ncccc2-c2ccc3ncccc3n2)c1. The number of nitrogens with zero attached hydrogens (tertiary/aromatic N) is 3. The van der Waals surface area contributed by atoms with Gasteiger partial charge in [-0.05, 0) is 48.5 Å². The largest absolute Gasteiger partial charge is 0.416 e. The van der Waals surface area contributed by atoms with Crippen molar-refractivity contribution in [1.29, 1.82) is 0 Å². The number of hydrogen-bond acceptors (Lipinski definition) is 3. The predicted octanol–water partition coefficient (Wildman–Crippen LogP) is 5.38. The van der Waals surface area contributed by atoms with Gasteiger partial charge in [0, 0.05) is 23.5 Å². The molecule has 0 saturated carbocycles. The van der Waals surface area contributed by atoms with E-state index >= 15 is 0 Å². The van der Waals surface area contributed by atoms with Gasteiger partial charge in [-0.25, -0.2) is 4.98 Å². The Morgan fingerprint density at radius 3 is 2.38 bits per heavy atom. The van der Waals surface area contributed by atoms with Crippen molar-refractivity contribution in [2.75, 3.05) is 0 Å². The summed E-state index contributed by atoms with van der Waals surface area (Å²) in [4.78, 5) is 13.1. The highest BCUT2D eigenvalue weighted by Crippen LogP contribution is 2.34. The first kappa shape index (κ1) is 16.2. The lowest BCUT2D eigenvalue weighted by atomic mass is 10.0. The molecule has 128 valence electrons. The summed E-state index contributed by atoms with van der Waals surface area (Å²) in [6.45, 7) is 0. The topological polar surface area (TPSA) is 38.7 Å². The van der Waals surface area contributed by atoms with Crippen LogP contribution in [0.2, 0.25) is 0 Å². The van der Waals surface area contributed by atoms with E-state index in [1.807, 2.05) is 12.1 Å². The van der Waals surface area contributed by atoms with Gasteiger partial charge in [0.15, 0.2) is 0 Å². The average Bonchev–Trinajstić information content (AvgIpc) is 2.67. The molecule has 1 aromatic carbocycles. The maximum atomic E-state index is 13.0. The molecule has 0 unspecified atom stereocenters. The van der Waals surface area contributed by atoms with Crippen molar-refractivity contribution < 1.29 is 13.2 Å². The molecule has 3 heterocycles. The highest BCUT2D eigenvalue weighted by Gasteiger charge is 2.30. The van der Waals surface area contributed by atoms with Crippen molar-refractivity contribution in [3.63, 3.8) is 0 Å². The van der Waals surface area contributed by atoms with Crippen molar-refractivity contribution in [2.24, 2.45) is 0 Å². The summed E-state index contributed by atoms with van der Waals surface area (Å²) in [5, 5.41) is 0. The minimum Gasteiger partial charge on any atom is -0.256 e. The molecule has 4 rings (SSSR count). The zero-order valence-electron chi connectivity index (χ0n) is 13.4. The second-order valence-electron chi connectivity index (χ2n) is 5.72. The number of aromatic nitrogens is 3. The first-order valence-corrected chi connectivity index (χ1v) is 7.87. The number of rotatable bonds is 2. The molecule has 0 aliphatic carbocycles. The van der Waals surface area contributed by atoms with E-state index in [1.54, 1.807) is 42.7 Å². The minimum atomic E-state index is -4.40. The second kappa shape index (κ2) is 6.22. The molecule has 0 aliphatic heterocycles. The smallest absolute Gasteiger partial charge is 0.256 e. The first-order chi connectivity index (χ1) is 12.5. The van der Waals surface area contributed by atoms with Gasteiger partial charge in [0.2, 0.25) is 0 Å². The number of alkyl halides is 3. The van der Waals surface area contributed by atoms with Gasteiger partial charge in [-0.15, -0.1) is 0 Å². The number of hydrogen-bond donors (Lipinski definition) is 0. The second-order valence-corrected chi connectivity index (χ2v) is 5.72. The van der Waals surface area contributed by atoms with Gasteiger partial charge in [0.25, 0.3) is 0 Å².